The third-order valence-corrected chi connectivity index (χ3v) is 3.87. The summed E-state index contributed by atoms with van der Waals surface area (Å²) >= 11 is 2.98. The van der Waals surface area contributed by atoms with Crippen molar-refractivity contribution in [2.75, 3.05) is 13.1 Å². The van der Waals surface area contributed by atoms with Crippen LogP contribution in [0.2, 0.25) is 0 Å². The Bertz CT molecular complexity index is 549. The number of piperidine rings is 1. The highest BCUT2D eigenvalue weighted by Crippen LogP contribution is 2.22. The van der Waals surface area contributed by atoms with Crippen molar-refractivity contribution in [2.45, 2.75) is 25.8 Å². The quantitative estimate of drug-likeness (QED) is 0.880. The fourth-order valence-electron chi connectivity index (χ4n) is 2.42. The van der Waals surface area contributed by atoms with Crippen molar-refractivity contribution >= 4 is 27.7 Å². The van der Waals surface area contributed by atoms with E-state index >= 15 is 0 Å². The van der Waals surface area contributed by atoms with Gasteiger partial charge in [-0.2, -0.15) is 0 Å². The van der Waals surface area contributed by atoms with Gasteiger partial charge in [0.1, 0.15) is 17.2 Å². The Morgan fingerprint density at radius 3 is 2.24 bits per heavy atom. The average Bonchev–Trinajstić information content (AvgIpc) is 2.37. The van der Waals surface area contributed by atoms with Crippen LogP contribution >= 0.6 is 15.9 Å². The molecule has 1 N–H and O–H groups in total. The first-order chi connectivity index (χ1) is 9.88. The minimum atomic E-state index is -0.879. The van der Waals surface area contributed by atoms with Crippen LogP contribution in [0.1, 0.15) is 30.1 Å². The number of benzene rings is 1. The van der Waals surface area contributed by atoms with Gasteiger partial charge >= 0.3 is 0 Å². The SMILES string of the molecule is CC(=O)NC1CCN(C(=O)c2c(F)cc(Br)cc2F)CC1. The first kappa shape index (κ1) is 15.9. The van der Waals surface area contributed by atoms with E-state index < -0.39 is 23.1 Å². The van der Waals surface area contributed by atoms with Crippen LogP contribution in [-0.4, -0.2) is 35.8 Å². The largest absolute Gasteiger partial charge is 0.353 e. The van der Waals surface area contributed by atoms with Crippen LogP contribution in [0.4, 0.5) is 8.78 Å². The fraction of sp³-hybridized carbons (Fsp3) is 0.429. The van der Waals surface area contributed by atoms with E-state index in [1.54, 1.807) is 0 Å². The normalized spacial score (nSPS) is 15.9. The van der Waals surface area contributed by atoms with Crippen molar-refractivity contribution in [3.05, 3.63) is 33.8 Å². The summed E-state index contributed by atoms with van der Waals surface area (Å²) in [6.45, 7) is 2.15. The van der Waals surface area contributed by atoms with Crippen LogP contribution in [0.3, 0.4) is 0 Å². The molecule has 1 fully saturated rings. The van der Waals surface area contributed by atoms with Crippen molar-refractivity contribution in [3.8, 4) is 0 Å². The summed E-state index contributed by atoms with van der Waals surface area (Å²) in [5.74, 6) is -2.53. The van der Waals surface area contributed by atoms with Gasteiger partial charge in [-0.25, -0.2) is 8.78 Å². The first-order valence-corrected chi connectivity index (χ1v) is 7.38. The number of likely N-dealkylation sites (tertiary alicyclic amines) is 1. The van der Waals surface area contributed by atoms with Gasteiger partial charge in [0, 0.05) is 30.5 Å². The van der Waals surface area contributed by atoms with E-state index in [-0.39, 0.29) is 16.4 Å². The predicted molar refractivity (Wildman–Crippen MR) is 76.8 cm³/mol. The summed E-state index contributed by atoms with van der Waals surface area (Å²) < 4.78 is 27.8. The van der Waals surface area contributed by atoms with E-state index in [1.807, 2.05) is 0 Å². The zero-order valence-electron chi connectivity index (χ0n) is 11.5. The zero-order chi connectivity index (χ0) is 15.6. The minimum absolute atomic E-state index is 0.00571. The first-order valence-electron chi connectivity index (χ1n) is 6.59. The van der Waals surface area contributed by atoms with Crippen LogP contribution in [0, 0.1) is 11.6 Å². The monoisotopic (exact) mass is 360 g/mol. The number of nitrogens with one attached hydrogen (secondary N) is 1. The molecule has 0 unspecified atom stereocenters. The standard InChI is InChI=1S/C14H15BrF2N2O2/c1-8(20)18-10-2-4-19(5-3-10)14(21)13-11(16)6-9(15)7-12(13)17/h6-7,10H,2-5H2,1H3,(H,18,20). The lowest BCUT2D eigenvalue weighted by atomic mass is 10.0. The molecular formula is C14H15BrF2N2O2. The van der Waals surface area contributed by atoms with E-state index in [0.29, 0.717) is 25.9 Å². The van der Waals surface area contributed by atoms with Crippen LogP contribution in [0.15, 0.2) is 16.6 Å². The second kappa shape index (κ2) is 6.51. The summed E-state index contributed by atoms with van der Waals surface area (Å²) in [6.07, 6.45) is 1.15. The number of hydrogen-bond donors (Lipinski definition) is 1. The number of carbonyl (C=O) groups is 2. The Kier molecular flexibility index (Phi) is 4.92. The topological polar surface area (TPSA) is 49.4 Å². The van der Waals surface area contributed by atoms with Gasteiger partial charge in [0.25, 0.3) is 5.91 Å². The second-order valence-corrected chi connectivity index (χ2v) is 5.93. The molecule has 1 saturated heterocycles. The van der Waals surface area contributed by atoms with E-state index in [2.05, 4.69) is 21.2 Å². The van der Waals surface area contributed by atoms with Crippen molar-refractivity contribution in [1.82, 2.24) is 10.2 Å². The molecule has 0 saturated carbocycles. The smallest absolute Gasteiger partial charge is 0.259 e. The number of rotatable bonds is 2. The summed E-state index contributed by atoms with van der Waals surface area (Å²) in [4.78, 5) is 24.6. The van der Waals surface area contributed by atoms with Crippen LogP contribution in [0.5, 0.6) is 0 Å². The molecule has 0 radical (unpaired) electrons. The molecule has 2 rings (SSSR count). The molecule has 21 heavy (non-hydrogen) atoms. The summed E-state index contributed by atoms with van der Waals surface area (Å²) in [7, 11) is 0. The Labute approximate surface area is 129 Å². The molecule has 0 aliphatic carbocycles. The van der Waals surface area contributed by atoms with Gasteiger partial charge in [-0.3, -0.25) is 9.59 Å². The average molecular weight is 361 g/mol. The molecule has 1 aliphatic rings. The molecule has 114 valence electrons. The van der Waals surface area contributed by atoms with Gasteiger partial charge in [-0.1, -0.05) is 15.9 Å². The molecule has 0 atom stereocenters. The van der Waals surface area contributed by atoms with Gasteiger partial charge in [0.15, 0.2) is 0 Å². The zero-order valence-corrected chi connectivity index (χ0v) is 13.0. The Hall–Kier alpha value is -1.50. The highest BCUT2D eigenvalue weighted by Gasteiger charge is 2.28. The van der Waals surface area contributed by atoms with Crippen molar-refractivity contribution < 1.29 is 18.4 Å². The highest BCUT2D eigenvalue weighted by molar-refractivity contribution is 9.10. The molecule has 1 aromatic rings. The van der Waals surface area contributed by atoms with Gasteiger partial charge < -0.3 is 10.2 Å². The fourth-order valence-corrected chi connectivity index (χ4v) is 2.82. The Morgan fingerprint density at radius 2 is 1.76 bits per heavy atom. The van der Waals surface area contributed by atoms with E-state index in [1.165, 1.54) is 11.8 Å². The second-order valence-electron chi connectivity index (χ2n) is 5.01. The molecule has 4 nitrogen and oxygen atoms in total. The van der Waals surface area contributed by atoms with E-state index in [9.17, 15) is 18.4 Å². The van der Waals surface area contributed by atoms with Crippen molar-refractivity contribution in [1.29, 1.82) is 0 Å². The summed E-state index contributed by atoms with van der Waals surface area (Å²) in [6, 6.07) is 2.15. The predicted octanol–water partition coefficient (Wildman–Crippen LogP) is 2.47. The molecule has 0 spiro atoms. The molecule has 2 amide bonds. The third-order valence-electron chi connectivity index (χ3n) is 3.41. The number of nitrogens with zero attached hydrogens (tertiary/aromatic N) is 1. The Morgan fingerprint density at radius 1 is 1.24 bits per heavy atom. The molecule has 1 heterocycles. The molecule has 1 aromatic carbocycles. The third kappa shape index (κ3) is 3.78. The van der Waals surface area contributed by atoms with Gasteiger partial charge in [-0.05, 0) is 25.0 Å². The van der Waals surface area contributed by atoms with Crippen molar-refractivity contribution in [3.63, 3.8) is 0 Å². The van der Waals surface area contributed by atoms with Crippen molar-refractivity contribution in [2.24, 2.45) is 0 Å². The summed E-state index contributed by atoms with van der Waals surface area (Å²) in [5.41, 5.74) is -0.531. The van der Waals surface area contributed by atoms with Crippen LogP contribution < -0.4 is 5.32 Å². The molecule has 7 heteroatoms. The molecule has 0 bridgehead atoms. The van der Waals surface area contributed by atoms with E-state index in [0.717, 1.165) is 12.1 Å². The molecule has 0 aromatic heterocycles. The molecular weight excluding hydrogens is 346 g/mol. The number of halogens is 3. The van der Waals surface area contributed by atoms with Gasteiger partial charge in [0.2, 0.25) is 5.91 Å². The lowest BCUT2D eigenvalue weighted by molar-refractivity contribution is -0.119. The number of amides is 2. The van der Waals surface area contributed by atoms with Gasteiger partial charge in [0.05, 0.1) is 0 Å². The lowest BCUT2D eigenvalue weighted by Crippen LogP contribution is -2.46. The van der Waals surface area contributed by atoms with E-state index in [4.69, 9.17) is 0 Å². The molecule has 1 aliphatic heterocycles. The van der Waals surface area contributed by atoms with Gasteiger partial charge in [-0.15, -0.1) is 0 Å². The highest BCUT2D eigenvalue weighted by atomic mass is 79.9. The van der Waals surface area contributed by atoms with Crippen LogP contribution in [-0.2, 0) is 4.79 Å². The minimum Gasteiger partial charge on any atom is -0.353 e. The maximum atomic E-state index is 13.8. The maximum Gasteiger partial charge on any atom is 0.259 e. The Balaban J connectivity index is 2.07. The maximum absolute atomic E-state index is 13.8. The van der Waals surface area contributed by atoms with Crippen LogP contribution in [0.25, 0.3) is 0 Å². The number of hydrogen-bond acceptors (Lipinski definition) is 2. The lowest BCUT2D eigenvalue weighted by Gasteiger charge is -2.32. The summed E-state index contributed by atoms with van der Waals surface area (Å²) in [5, 5.41) is 2.78. The number of carbonyl (C=O) groups excluding carboxylic acids is 2.